The number of nitrogens with one attached hydrogen (secondary N) is 1. The van der Waals surface area contributed by atoms with E-state index < -0.39 is 0 Å². The van der Waals surface area contributed by atoms with Crippen LogP contribution in [0.25, 0.3) is 10.8 Å². The summed E-state index contributed by atoms with van der Waals surface area (Å²) in [5, 5.41) is 6.12. The molecule has 1 N–H and O–H groups in total. The second kappa shape index (κ2) is 11.1. The van der Waals surface area contributed by atoms with E-state index >= 15 is 0 Å². The maximum absolute atomic E-state index is 5.93. The second-order valence-electron chi connectivity index (χ2n) is 6.20. The minimum atomic E-state index is 0.582. The van der Waals surface area contributed by atoms with E-state index in [2.05, 4.69) is 48.6 Å². The van der Waals surface area contributed by atoms with Crippen molar-refractivity contribution in [3.8, 4) is 5.75 Å². The molecule has 2 aromatic rings. The zero-order chi connectivity index (χ0) is 17.0. The quantitative estimate of drug-likeness (QED) is 0.560. The highest BCUT2D eigenvalue weighted by Crippen LogP contribution is 2.28. The van der Waals surface area contributed by atoms with Crippen molar-refractivity contribution in [1.82, 2.24) is 5.32 Å². The Bertz CT molecular complexity index is 597. The van der Waals surface area contributed by atoms with Crippen LogP contribution >= 0.6 is 0 Å². The molecule has 0 radical (unpaired) electrons. The highest BCUT2D eigenvalue weighted by atomic mass is 16.5. The van der Waals surface area contributed by atoms with E-state index in [0.29, 0.717) is 13.2 Å². The Morgan fingerprint density at radius 2 is 1.75 bits per heavy atom. The van der Waals surface area contributed by atoms with E-state index in [4.69, 9.17) is 9.47 Å². The van der Waals surface area contributed by atoms with Crippen LogP contribution in [0.1, 0.15) is 44.6 Å². The summed E-state index contributed by atoms with van der Waals surface area (Å²) in [6, 6.07) is 12.7. The van der Waals surface area contributed by atoms with Crippen LogP contribution in [-0.2, 0) is 11.3 Å². The zero-order valence-corrected chi connectivity index (χ0v) is 15.1. The molecule has 2 aromatic carbocycles. The average molecular weight is 329 g/mol. The predicted octanol–water partition coefficient (Wildman–Crippen LogP) is 4.93. The van der Waals surface area contributed by atoms with Crippen LogP contribution in [-0.4, -0.2) is 26.9 Å². The first-order valence-electron chi connectivity index (χ1n) is 9.20. The molecule has 0 aliphatic heterocycles. The first-order chi connectivity index (χ1) is 11.9. The van der Waals surface area contributed by atoms with Crippen molar-refractivity contribution >= 4 is 10.8 Å². The molecule has 3 heteroatoms. The Hall–Kier alpha value is -1.58. The molecule has 0 saturated carbocycles. The van der Waals surface area contributed by atoms with Gasteiger partial charge >= 0.3 is 0 Å². The third-order valence-electron chi connectivity index (χ3n) is 4.30. The fourth-order valence-corrected chi connectivity index (χ4v) is 2.94. The summed E-state index contributed by atoms with van der Waals surface area (Å²) >= 11 is 0. The van der Waals surface area contributed by atoms with Gasteiger partial charge in [-0.25, -0.2) is 0 Å². The van der Waals surface area contributed by atoms with Crippen molar-refractivity contribution in [3.63, 3.8) is 0 Å². The lowest BCUT2D eigenvalue weighted by atomic mass is 10.0. The molecule has 0 fully saturated rings. The van der Waals surface area contributed by atoms with Gasteiger partial charge < -0.3 is 14.8 Å². The predicted molar refractivity (Wildman–Crippen MR) is 102 cm³/mol. The van der Waals surface area contributed by atoms with Gasteiger partial charge in [-0.3, -0.25) is 0 Å². The van der Waals surface area contributed by atoms with Crippen molar-refractivity contribution < 1.29 is 9.47 Å². The first-order valence-corrected chi connectivity index (χ1v) is 9.20. The van der Waals surface area contributed by atoms with Crippen LogP contribution < -0.4 is 10.1 Å². The minimum absolute atomic E-state index is 0.582. The van der Waals surface area contributed by atoms with E-state index in [1.54, 1.807) is 7.11 Å². The van der Waals surface area contributed by atoms with Crippen molar-refractivity contribution in [2.75, 3.05) is 26.9 Å². The molecule has 132 valence electrons. The number of hydrogen-bond donors (Lipinski definition) is 1. The molecule has 0 heterocycles. The van der Waals surface area contributed by atoms with Crippen LogP contribution in [0.3, 0.4) is 0 Å². The molecule has 0 saturated heterocycles. The Morgan fingerprint density at radius 3 is 2.58 bits per heavy atom. The van der Waals surface area contributed by atoms with Gasteiger partial charge in [-0.05, 0) is 29.8 Å². The van der Waals surface area contributed by atoms with Crippen LogP contribution in [0.4, 0.5) is 0 Å². The highest BCUT2D eigenvalue weighted by Gasteiger charge is 2.08. The van der Waals surface area contributed by atoms with Crippen molar-refractivity contribution in [1.29, 1.82) is 0 Å². The van der Waals surface area contributed by atoms with Gasteiger partial charge in [0.15, 0.2) is 0 Å². The summed E-state index contributed by atoms with van der Waals surface area (Å²) in [5.41, 5.74) is 1.25. The van der Waals surface area contributed by atoms with Crippen LogP contribution in [0.15, 0.2) is 36.4 Å². The van der Waals surface area contributed by atoms with Gasteiger partial charge in [0.1, 0.15) is 12.4 Å². The normalized spacial score (nSPS) is 11.1. The molecule has 3 nitrogen and oxygen atoms in total. The standard InChI is InChI=1S/C21H31NO2/c1-3-4-5-6-9-14-22-17-20-19-11-8-7-10-18(19)12-13-21(20)24-16-15-23-2/h7-8,10-13,22H,3-6,9,14-17H2,1-2H3. The third kappa shape index (κ3) is 5.81. The lowest BCUT2D eigenvalue weighted by Crippen LogP contribution is -2.16. The summed E-state index contributed by atoms with van der Waals surface area (Å²) in [5.74, 6) is 0.962. The van der Waals surface area contributed by atoms with E-state index in [9.17, 15) is 0 Å². The molecular weight excluding hydrogens is 298 g/mol. The van der Waals surface area contributed by atoms with Gasteiger partial charge in [-0.15, -0.1) is 0 Å². The zero-order valence-electron chi connectivity index (χ0n) is 15.1. The number of rotatable bonds is 12. The number of fused-ring (bicyclic) bond motifs is 1. The molecule has 0 amide bonds. The smallest absolute Gasteiger partial charge is 0.124 e. The van der Waals surface area contributed by atoms with Gasteiger partial charge in [0.05, 0.1) is 6.61 Å². The van der Waals surface area contributed by atoms with Gasteiger partial charge in [0, 0.05) is 19.2 Å². The average Bonchev–Trinajstić information content (AvgIpc) is 2.62. The van der Waals surface area contributed by atoms with Crippen LogP contribution in [0.5, 0.6) is 5.75 Å². The fourth-order valence-electron chi connectivity index (χ4n) is 2.94. The Kier molecular flexibility index (Phi) is 8.64. The van der Waals surface area contributed by atoms with Crippen LogP contribution in [0, 0.1) is 0 Å². The minimum Gasteiger partial charge on any atom is -0.491 e. The Morgan fingerprint density at radius 1 is 0.917 bits per heavy atom. The Balaban J connectivity index is 1.97. The molecule has 2 rings (SSSR count). The molecule has 0 aliphatic carbocycles. The summed E-state index contributed by atoms with van der Waals surface area (Å²) in [6.07, 6.45) is 6.54. The van der Waals surface area contributed by atoms with E-state index in [1.165, 1.54) is 48.4 Å². The number of benzene rings is 2. The van der Waals surface area contributed by atoms with E-state index in [1.807, 2.05) is 0 Å². The second-order valence-corrected chi connectivity index (χ2v) is 6.20. The third-order valence-corrected chi connectivity index (χ3v) is 4.30. The van der Waals surface area contributed by atoms with Crippen molar-refractivity contribution in [2.45, 2.75) is 45.6 Å². The maximum atomic E-state index is 5.93. The fraction of sp³-hybridized carbons (Fsp3) is 0.524. The first kappa shape index (κ1) is 18.8. The monoisotopic (exact) mass is 329 g/mol. The summed E-state index contributed by atoms with van der Waals surface area (Å²) < 4.78 is 11.0. The van der Waals surface area contributed by atoms with Crippen LogP contribution in [0.2, 0.25) is 0 Å². The highest BCUT2D eigenvalue weighted by molar-refractivity contribution is 5.87. The van der Waals surface area contributed by atoms with Gasteiger partial charge in [0.25, 0.3) is 0 Å². The van der Waals surface area contributed by atoms with Gasteiger partial charge in [-0.2, -0.15) is 0 Å². The number of unbranched alkanes of at least 4 members (excludes halogenated alkanes) is 4. The largest absolute Gasteiger partial charge is 0.491 e. The number of methoxy groups -OCH3 is 1. The molecule has 0 bridgehead atoms. The summed E-state index contributed by atoms with van der Waals surface area (Å²) in [4.78, 5) is 0. The van der Waals surface area contributed by atoms with Gasteiger partial charge in [0.2, 0.25) is 0 Å². The lowest BCUT2D eigenvalue weighted by Gasteiger charge is -2.15. The molecule has 0 aromatic heterocycles. The van der Waals surface area contributed by atoms with E-state index in [0.717, 1.165) is 18.8 Å². The topological polar surface area (TPSA) is 30.5 Å². The van der Waals surface area contributed by atoms with Crippen molar-refractivity contribution in [2.24, 2.45) is 0 Å². The molecule has 0 spiro atoms. The summed E-state index contributed by atoms with van der Waals surface area (Å²) in [7, 11) is 1.70. The van der Waals surface area contributed by atoms with E-state index in [-0.39, 0.29) is 0 Å². The molecule has 24 heavy (non-hydrogen) atoms. The number of ether oxygens (including phenoxy) is 2. The molecule has 0 atom stereocenters. The van der Waals surface area contributed by atoms with Gasteiger partial charge in [-0.1, -0.05) is 62.9 Å². The lowest BCUT2D eigenvalue weighted by molar-refractivity contribution is 0.146. The summed E-state index contributed by atoms with van der Waals surface area (Å²) in [6.45, 7) is 5.35. The molecular formula is C21H31NO2. The Labute approximate surface area is 146 Å². The van der Waals surface area contributed by atoms with Crippen molar-refractivity contribution in [3.05, 3.63) is 42.0 Å². The molecule has 0 aliphatic rings. The number of hydrogen-bond acceptors (Lipinski definition) is 3. The maximum Gasteiger partial charge on any atom is 0.124 e. The SMILES string of the molecule is CCCCCCCNCc1c(OCCOC)ccc2ccccc12. The molecule has 0 unspecified atom stereocenters.